The Morgan fingerprint density at radius 3 is 2.48 bits per heavy atom. The highest BCUT2D eigenvalue weighted by molar-refractivity contribution is 6.31. The first kappa shape index (κ1) is 14.1. The summed E-state index contributed by atoms with van der Waals surface area (Å²) >= 11 is 11.8. The second-order valence-corrected chi connectivity index (χ2v) is 5.50. The zero-order valence-electron chi connectivity index (χ0n) is 11.3. The van der Waals surface area contributed by atoms with Gasteiger partial charge < -0.3 is 4.42 Å². The summed E-state index contributed by atoms with van der Waals surface area (Å²) in [6.07, 6.45) is 2.31. The number of aryl methyl sites for hydroxylation is 1. The van der Waals surface area contributed by atoms with E-state index in [4.69, 9.17) is 27.6 Å². The average Bonchev–Trinajstić information content (AvgIpc) is 3.00. The van der Waals surface area contributed by atoms with Crippen LogP contribution >= 0.6 is 23.2 Å². The molecule has 0 amide bonds. The van der Waals surface area contributed by atoms with Gasteiger partial charge in [0.1, 0.15) is 6.54 Å². The number of nitrogens with zero attached hydrogens (tertiary/aromatic N) is 4. The van der Waals surface area contributed by atoms with Gasteiger partial charge in [0.15, 0.2) is 0 Å². The summed E-state index contributed by atoms with van der Waals surface area (Å²) in [5.41, 5.74) is 1.84. The van der Waals surface area contributed by atoms with Crippen molar-refractivity contribution in [3.05, 3.63) is 63.5 Å². The first-order valence-corrected chi connectivity index (χ1v) is 7.11. The molecule has 0 aliphatic heterocycles. The molecule has 0 aliphatic carbocycles. The summed E-state index contributed by atoms with van der Waals surface area (Å²) < 4.78 is 7.29. The van der Waals surface area contributed by atoms with Crippen LogP contribution in [-0.4, -0.2) is 20.0 Å². The Labute approximate surface area is 131 Å². The molecule has 0 saturated heterocycles. The van der Waals surface area contributed by atoms with Gasteiger partial charge in [-0.1, -0.05) is 35.3 Å². The second kappa shape index (κ2) is 5.87. The van der Waals surface area contributed by atoms with Gasteiger partial charge in [-0.05, 0) is 24.6 Å². The van der Waals surface area contributed by atoms with Crippen molar-refractivity contribution >= 4 is 23.2 Å². The summed E-state index contributed by atoms with van der Waals surface area (Å²) in [5.74, 6) is 1.06. The Hall–Kier alpha value is -1.85. The summed E-state index contributed by atoms with van der Waals surface area (Å²) in [6.45, 7) is 2.25. The predicted octanol–water partition coefficient (Wildman–Crippen LogP) is 3.52. The van der Waals surface area contributed by atoms with E-state index in [0.717, 1.165) is 11.3 Å². The molecule has 0 spiro atoms. The molecular formula is C14H12Cl2N4O. The predicted molar refractivity (Wildman–Crippen MR) is 79.6 cm³/mol. The van der Waals surface area contributed by atoms with Crippen molar-refractivity contribution in [3.63, 3.8) is 0 Å². The molecule has 5 nitrogen and oxygen atoms in total. The Morgan fingerprint density at radius 1 is 1.10 bits per heavy atom. The number of halogens is 2. The maximum absolute atomic E-state index is 5.96. The molecule has 3 rings (SSSR count). The molecule has 0 unspecified atom stereocenters. The maximum Gasteiger partial charge on any atom is 0.237 e. The largest absolute Gasteiger partial charge is 0.423 e. The molecule has 7 heteroatoms. The Balaban J connectivity index is 1.69. The van der Waals surface area contributed by atoms with Crippen molar-refractivity contribution < 1.29 is 4.42 Å². The van der Waals surface area contributed by atoms with Crippen LogP contribution in [0, 0.1) is 6.92 Å². The van der Waals surface area contributed by atoms with E-state index in [1.165, 1.54) is 0 Å². The Morgan fingerprint density at radius 2 is 1.81 bits per heavy atom. The fraction of sp³-hybridized carbons (Fsp3) is 0.214. The standard InChI is InChI=1S/C14H12Cl2N4O/c1-9-12(16)7-20(19-9)8-14-18-17-13(21-14)6-10-2-4-11(15)5-3-10/h2-5,7H,6,8H2,1H3. The molecule has 108 valence electrons. The third kappa shape index (κ3) is 3.43. The van der Waals surface area contributed by atoms with Crippen LogP contribution in [0.15, 0.2) is 34.9 Å². The highest BCUT2D eigenvalue weighted by atomic mass is 35.5. The molecule has 0 fully saturated rings. The summed E-state index contributed by atoms with van der Waals surface area (Å²) in [4.78, 5) is 0. The fourth-order valence-electron chi connectivity index (χ4n) is 1.91. The molecule has 21 heavy (non-hydrogen) atoms. The van der Waals surface area contributed by atoms with Crippen LogP contribution in [0.4, 0.5) is 0 Å². The molecule has 0 bridgehead atoms. The number of rotatable bonds is 4. The fourth-order valence-corrected chi connectivity index (χ4v) is 2.19. The normalized spacial score (nSPS) is 11.0. The minimum atomic E-state index is 0.404. The van der Waals surface area contributed by atoms with Crippen molar-refractivity contribution in [1.29, 1.82) is 0 Å². The maximum atomic E-state index is 5.96. The lowest BCUT2D eigenvalue weighted by Crippen LogP contribution is -2.00. The zero-order chi connectivity index (χ0) is 14.8. The molecule has 0 saturated carbocycles. The van der Waals surface area contributed by atoms with E-state index in [1.54, 1.807) is 10.9 Å². The third-order valence-corrected chi connectivity index (χ3v) is 3.58. The minimum Gasteiger partial charge on any atom is -0.423 e. The molecule has 0 atom stereocenters. The lowest BCUT2D eigenvalue weighted by atomic mass is 10.1. The van der Waals surface area contributed by atoms with E-state index in [1.807, 2.05) is 31.2 Å². The van der Waals surface area contributed by atoms with Crippen LogP contribution in [0.5, 0.6) is 0 Å². The molecule has 0 N–H and O–H groups in total. The van der Waals surface area contributed by atoms with Crippen molar-refractivity contribution in [2.24, 2.45) is 0 Å². The van der Waals surface area contributed by atoms with Gasteiger partial charge in [0.2, 0.25) is 11.8 Å². The van der Waals surface area contributed by atoms with Crippen LogP contribution in [0.1, 0.15) is 23.0 Å². The monoisotopic (exact) mass is 322 g/mol. The number of hydrogen-bond acceptors (Lipinski definition) is 4. The zero-order valence-corrected chi connectivity index (χ0v) is 12.8. The van der Waals surface area contributed by atoms with Gasteiger partial charge in [0, 0.05) is 11.2 Å². The van der Waals surface area contributed by atoms with Gasteiger partial charge in [-0.15, -0.1) is 10.2 Å². The first-order valence-electron chi connectivity index (χ1n) is 6.35. The SMILES string of the molecule is Cc1nn(Cc2nnc(Cc3ccc(Cl)cc3)o2)cc1Cl. The van der Waals surface area contributed by atoms with Crippen molar-refractivity contribution in [2.45, 2.75) is 19.9 Å². The van der Waals surface area contributed by atoms with Crippen LogP contribution in [0.2, 0.25) is 10.0 Å². The van der Waals surface area contributed by atoms with E-state index in [9.17, 15) is 0 Å². The molecular weight excluding hydrogens is 311 g/mol. The summed E-state index contributed by atoms with van der Waals surface area (Å²) in [6, 6.07) is 7.54. The number of hydrogen-bond donors (Lipinski definition) is 0. The van der Waals surface area contributed by atoms with Crippen LogP contribution in [0.25, 0.3) is 0 Å². The Kier molecular flexibility index (Phi) is 3.94. The highest BCUT2D eigenvalue weighted by Crippen LogP contribution is 2.15. The molecule has 1 aromatic carbocycles. The van der Waals surface area contributed by atoms with Gasteiger partial charge in [0.25, 0.3) is 0 Å². The lowest BCUT2D eigenvalue weighted by molar-refractivity contribution is 0.436. The smallest absolute Gasteiger partial charge is 0.237 e. The number of aromatic nitrogens is 4. The molecule has 0 radical (unpaired) electrons. The van der Waals surface area contributed by atoms with Gasteiger partial charge in [-0.2, -0.15) is 5.10 Å². The average molecular weight is 323 g/mol. The first-order chi connectivity index (χ1) is 10.1. The van der Waals surface area contributed by atoms with Gasteiger partial charge in [0.05, 0.1) is 17.1 Å². The molecule has 3 aromatic rings. The van der Waals surface area contributed by atoms with E-state index >= 15 is 0 Å². The number of benzene rings is 1. The van der Waals surface area contributed by atoms with Crippen LogP contribution < -0.4 is 0 Å². The second-order valence-electron chi connectivity index (χ2n) is 4.65. The van der Waals surface area contributed by atoms with E-state index in [2.05, 4.69) is 15.3 Å². The van der Waals surface area contributed by atoms with Gasteiger partial charge in [-0.3, -0.25) is 4.68 Å². The van der Waals surface area contributed by atoms with E-state index in [-0.39, 0.29) is 0 Å². The quantitative estimate of drug-likeness (QED) is 0.737. The van der Waals surface area contributed by atoms with Crippen molar-refractivity contribution in [2.75, 3.05) is 0 Å². The molecule has 2 aromatic heterocycles. The summed E-state index contributed by atoms with van der Waals surface area (Å²) in [7, 11) is 0. The van der Waals surface area contributed by atoms with E-state index < -0.39 is 0 Å². The molecule has 0 aliphatic rings. The minimum absolute atomic E-state index is 0.404. The summed E-state index contributed by atoms with van der Waals surface area (Å²) in [5, 5.41) is 13.6. The van der Waals surface area contributed by atoms with E-state index in [0.29, 0.717) is 34.8 Å². The highest BCUT2D eigenvalue weighted by Gasteiger charge is 2.09. The topological polar surface area (TPSA) is 56.7 Å². The lowest BCUT2D eigenvalue weighted by Gasteiger charge is -1.97. The van der Waals surface area contributed by atoms with Gasteiger partial charge in [-0.25, -0.2) is 0 Å². The van der Waals surface area contributed by atoms with Crippen LogP contribution in [0.3, 0.4) is 0 Å². The third-order valence-electron chi connectivity index (χ3n) is 2.96. The van der Waals surface area contributed by atoms with Crippen molar-refractivity contribution in [3.8, 4) is 0 Å². The Bertz CT molecular complexity index is 729. The van der Waals surface area contributed by atoms with Crippen LogP contribution in [-0.2, 0) is 13.0 Å². The van der Waals surface area contributed by atoms with Gasteiger partial charge >= 0.3 is 0 Å². The van der Waals surface area contributed by atoms with Crippen molar-refractivity contribution in [1.82, 2.24) is 20.0 Å². The molecule has 2 heterocycles.